The third kappa shape index (κ3) is 1.71. The molecule has 0 N–H and O–H groups in total. The standard InChI is InChI=1S/C8H7ClNO/c1-10-8(11)6-4-2-3-5-7(6)9/h2-5H,1H3. The maximum atomic E-state index is 11.0. The van der Waals surface area contributed by atoms with Crippen LogP contribution in [0.3, 0.4) is 0 Å². The van der Waals surface area contributed by atoms with E-state index in [1.54, 1.807) is 24.3 Å². The SMILES string of the molecule is C[N]C(=O)c1ccccc1Cl. The van der Waals surface area contributed by atoms with Gasteiger partial charge in [-0.1, -0.05) is 23.7 Å². The van der Waals surface area contributed by atoms with E-state index in [0.29, 0.717) is 10.6 Å². The number of carbonyl (C=O) groups is 1. The van der Waals surface area contributed by atoms with E-state index in [-0.39, 0.29) is 5.91 Å². The molecule has 57 valence electrons. The molecule has 1 amide bonds. The Bertz CT molecular complexity index is 273. The van der Waals surface area contributed by atoms with E-state index in [1.165, 1.54) is 7.05 Å². The van der Waals surface area contributed by atoms with Crippen LogP contribution in [-0.2, 0) is 0 Å². The fourth-order valence-corrected chi connectivity index (χ4v) is 0.972. The topological polar surface area (TPSA) is 31.2 Å². The lowest BCUT2D eigenvalue weighted by molar-refractivity contribution is 0.0959. The second-order valence-corrected chi connectivity index (χ2v) is 2.42. The monoisotopic (exact) mass is 168 g/mol. The summed E-state index contributed by atoms with van der Waals surface area (Å²) in [6.45, 7) is 0. The van der Waals surface area contributed by atoms with Crippen LogP contribution in [0.15, 0.2) is 24.3 Å². The van der Waals surface area contributed by atoms with Gasteiger partial charge >= 0.3 is 0 Å². The largest absolute Gasteiger partial charge is 0.273 e. The highest BCUT2D eigenvalue weighted by atomic mass is 35.5. The number of amides is 1. The van der Waals surface area contributed by atoms with Gasteiger partial charge in [-0.25, -0.2) is 0 Å². The molecule has 1 aromatic rings. The van der Waals surface area contributed by atoms with Crippen molar-refractivity contribution >= 4 is 17.5 Å². The van der Waals surface area contributed by atoms with Gasteiger partial charge in [0.25, 0.3) is 5.91 Å². The molecule has 0 spiro atoms. The molecule has 11 heavy (non-hydrogen) atoms. The number of nitrogens with zero attached hydrogens (tertiary/aromatic N) is 1. The maximum Gasteiger partial charge on any atom is 0.273 e. The lowest BCUT2D eigenvalue weighted by atomic mass is 10.2. The summed E-state index contributed by atoms with van der Waals surface area (Å²) in [7, 11) is 1.45. The average Bonchev–Trinajstić information content (AvgIpc) is 2.04. The summed E-state index contributed by atoms with van der Waals surface area (Å²) in [5, 5.41) is 3.94. The van der Waals surface area contributed by atoms with E-state index >= 15 is 0 Å². The van der Waals surface area contributed by atoms with E-state index in [4.69, 9.17) is 11.6 Å². The van der Waals surface area contributed by atoms with Crippen LogP contribution < -0.4 is 5.32 Å². The maximum absolute atomic E-state index is 11.0. The summed E-state index contributed by atoms with van der Waals surface area (Å²) in [6.07, 6.45) is 0. The Morgan fingerprint density at radius 1 is 1.45 bits per heavy atom. The van der Waals surface area contributed by atoms with Crippen molar-refractivity contribution in [1.82, 2.24) is 5.32 Å². The number of benzene rings is 1. The molecule has 0 atom stereocenters. The fourth-order valence-electron chi connectivity index (χ4n) is 0.755. The lowest BCUT2D eigenvalue weighted by Gasteiger charge is -1.98. The van der Waals surface area contributed by atoms with Crippen molar-refractivity contribution < 1.29 is 4.79 Å². The van der Waals surface area contributed by atoms with Crippen molar-refractivity contribution in [2.45, 2.75) is 0 Å². The zero-order chi connectivity index (χ0) is 8.27. The van der Waals surface area contributed by atoms with Crippen LogP contribution in [0.25, 0.3) is 0 Å². The summed E-state index contributed by atoms with van der Waals surface area (Å²) in [4.78, 5) is 11.0. The van der Waals surface area contributed by atoms with E-state index in [1.807, 2.05) is 0 Å². The van der Waals surface area contributed by atoms with Crippen LogP contribution in [0, 0.1) is 0 Å². The number of halogens is 1. The van der Waals surface area contributed by atoms with Crippen LogP contribution in [0.5, 0.6) is 0 Å². The molecule has 0 unspecified atom stereocenters. The van der Waals surface area contributed by atoms with E-state index < -0.39 is 0 Å². The van der Waals surface area contributed by atoms with Gasteiger partial charge in [0.2, 0.25) is 0 Å². The summed E-state index contributed by atoms with van der Waals surface area (Å²) in [6, 6.07) is 6.84. The van der Waals surface area contributed by atoms with Crippen molar-refractivity contribution in [3.05, 3.63) is 34.9 Å². The Morgan fingerprint density at radius 3 is 2.64 bits per heavy atom. The number of hydrogen-bond donors (Lipinski definition) is 0. The van der Waals surface area contributed by atoms with Gasteiger partial charge in [0.1, 0.15) is 0 Å². The highest BCUT2D eigenvalue weighted by Crippen LogP contribution is 2.14. The van der Waals surface area contributed by atoms with Gasteiger partial charge in [0.05, 0.1) is 10.6 Å². The zero-order valence-electron chi connectivity index (χ0n) is 6.04. The van der Waals surface area contributed by atoms with Crippen LogP contribution >= 0.6 is 11.6 Å². The normalized spacial score (nSPS) is 9.27. The van der Waals surface area contributed by atoms with Gasteiger partial charge in [-0.3, -0.25) is 10.1 Å². The third-order valence-corrected chi connectivity index (χ3v) is 1.64. The molecule has 3 heteroatoms. The van der Waals surface area contributed by atoms with E-state index in [0.717, 1.165) is 0 Å². The van der Waals surface area contributed by atoms with E-state index in [9.17, 15) is 4.79 Å². The Hall–Kier alpha value is -1.02. The predicted octanol–water partition coefficient (Wildman–Crippen LogP) is 1.71. The van der Waals surface area contributed by atoms with Crippen LogP contribution in [0.1, 0.15) is 10.4 Å². The molecular weight excluding hydrogens is 162 g/mol. The minimum absolute atomic E-state index is 0.282. The highest BCUT2D eigenvalue weighted by molar-refractivity contribution is 6.33. The fraction of sp³-hybridized carbons (Fsp3) is 0.125. The summed E-state index contributed by atoms with van der Waals surface area (Å²) >= 11 is 5.72. The molecule has 0 heterocycles. The molecule has 0 bridgehead atoms. The van der Waals surface area contributed by atoms with Gasteiger partial charge in [-0.15, -0.1) is 0 Å². The summed E-state index contributed by atoms with van der Waals surface area (Å²) < 4.78 is 0. The Kier molecular flexibility index (Phi) is 2.49. The van der Waals surface area contributed by atoms with Crippen molar-refractivity contribution in [2.75, 3.05) is 7.05 Å². The molecule has 0 fully saturated rings. The number of hydrogen-bond acceptors (Lipinski definition) is 1. The van der Waals surface area contributed by atoms with Gasteiger partial charge in [-0.05, 0) is 12.1 Å². The van der Waals surface area contributed by atoms with Gasteiger partial charge in [-0.2, -0.15) is 0 Å². The molecule has 0 aromatic heterocycles. The van der Waals surface area contributed by atoms with Crippen molar-refractivity contribution in [1.29, 1.82) is 0 Å². The van der Waals surface area contributed by atoms with Gasteiger partial charge in [0, 0.05) is 7.05 Å². The van der Waals surface area contributed by atoms with Crippen LogP contribution in [-0.4, -0.2) is 13.0 Å². The molecule has 1 aromatic carbocycles. The smallest absolute Gasteiger partial charge is 0.267 e. The van der Waals surface area contributed by atoms with Crippen molar-refractivity contribution in [3.8, 4) is 0 Å². The average molecular weight is 169 g/mol. The minimum atomic E-state index is -0.282. The molecule has 0 aliphatic heterocycles. The highest BCUT2D eigenvalue weighted by Gasteiger charge is 2.06. The molecule has 0 saturated carbocycles. The Morgan fingerprint density at radius 2 is 2.09 bits per heavy atom. The first-order valence-corrected chi connectivity index (χ1v) is 3.52. The number of carbonyl (C=O) groups excluding carboxylic acids is 1. The predicted molar refractivity (Wildman–Crippen MR) is 43.8 cm³/mol. The molecule has 0 saturated heterocycles. The van der Waals surface area contributed by atoms with Crippen molar-refractivity contribution in [3.63, 3.8) is 0 Å². The quantitative estimate of drug-likeness (QED) is 0.628. The van der Waals surface area contributed by atoms with Crippen LogP contribution in [0.2, 0.25) is 5.02 Å². The number of rotatable bonds is 1. The second kappa shape index (κ2) is 3.39. The van der Waals surface area contributed by atoms with Gasteiger partial charge < -0.3 is 0 Å². The zero-order valence-corrected chi connectivity index (χ0v) is 6.80. The molecule has 0 aliphatic rings. The first kappa shape index (κ1) is 8.08. The Balaban J connectivity index is 3.03. The molecule has 2 nitrogen and oxygen atoms in total. The third-order valence-electron chi connectivity index (χ3n) is 1.31. The first-order valence-electron chi connectivity index (χ1n) is 3.14. The Labute approximate surface area is 70.2 Å². The van der Waals surface area contributed by atoms with Crippen molar-refractivity contribution in [2.24, 2.45) is 0 Å². The van der Waals surface area contributed by atoms with Gasteiger partial charge in [0.15, 0.2) is 0 Å². The minimum Gasteiger partial charge on any atom is -0.267 e. The molecule has 1 radical (unpaired) electrons. The second-order valence-electron chi connectivity index (χ2n) is 2.01. The molecule has 1 rings (SSSR count). The first-order chi connectivity index (χ1) is 5.25. The van der Waals surface area contributed by atoms with E-state index in [2.05, 4.69) is 5.32 Å². The summed E-state index contributed by atoms with van der Waals surface area (Å²) in [5.74, 6) is -0.282. The molecule has 0 aliphatic carbocycles. The summed E-state index contributed by atoms with van der Waals surface area (Å²) in [5.41, 5.74) is 0.455. The lowest BCUT2D eigenvalue weighted by Crippen LogP contribution is -2.10. The van der Waals surface area contributed by atoms with Crippen LogP contribution in [0.4, 0.5) is 0 Å². The molecular formula is C8H7ClNO.